The molecule has 0 aromatic heterocycles. The Morgan fingerprint density at radius 3 is 2.41 bits per heavy atom. The van der Waals surface area contributed by atoms with Gasteiger partial charge in [-0.25, -0.2) is 8.42 Å². The fraction of sp³-hybridized carbons (Fsp3) is 0.316. The summed E-state index contributed by atoms with van der Waals surface area (Å²) in [5.74, 6) is 0.236. The maximum Gasteiger partial charge on any atom is 0.247 e. The number of amides is 1. The highest BCUT2D eigenvalue weighted by Gasteiger charge is 2.30. The van der Waals surface area contributed by atoms with Gasteiger partial charge in [-0.3, -0.25) is 9.10 Å². The second kappa shape index (κ2) is 8.63. The second-order valence-electron chi connectivity index (χ2n) is 6.11. The van der Waals surface area contributed by atoms with Gasteiger partial charge >= 0.3 is 0 Å². The van der Waals surface area contributed by atoms with Gasteiger partial charge in [0.1, 0.15) is 11.8 Å². The number of carbonyl (C=O) groups excluding carboxylic acids is 1. The Bertz CT molecular complexity index is 914. The van der Waals surface area contributed by atoms with Gasteiger partial charge in [0.2, 0.25) is 15.9 Å². The number of nitrogens with zero attached hydrogens (tertiary/aromatic N) is 1. The molecule has 0 radical (unpaired) electrons. The molecule has 0 heterocycles. The van der Waals surface area contributed by atoms with Gasteiger partial charge in [-0.15, -0.1) is 0 Å². The maximum absolute atomic E-state index is 12.7. The summed E-state index contributed by atoms with van der Waals surface area (Å²) in [5.41, 5.74) is 1.62. The van der Waals surface area contributed by atoms with Gasteiger partial charge in [0.15, 0.2) is 0 Å². The lowest BCUT2D eigenvalue weighted by atomic mass is 10.1. The van der Waals surface area contributed by atoms with Crippen molar-refractivity contribution >= 4 is 38.9 Å². The molecule has 8 heteroatoms. The zero-order valence-corrected chi connectivity index (χ0v) is 17.3. The molecule has 1 N–H and O–H groups in total. The number of ether oxygens (including phenoxy) is 1. The summed E-state index contributed by atoms with van der Waals surface area (Å²) in [7, 11) is -3.71. The minimum atomic E-state index is -3.71. The van der Waals surface area contributed by atoms with Crippen LogP contribution >= 0.6 is 11.6 Å². The van der Waals surface area contributed by atoms with E-state index in [1.807, 2.05) is 6.92 Å². The quantitative estimate of drug-likeness (QED) is 0.752. The lowest BCUT2D eigenvalue weighted by molar-refractivity contribution is -0.116. The average Bonchev–Trinajstić information content (AvgIpc) is 2.59. The molecule has 0 aliphatic heterocycles. The summed E-state index contributed by atoms with van der Waals surface area (Å²) >= 11 is 6.03. The van der Waals surface area contributed by atoms with Crippen LogP contribution in [0, 0.1) is 6.92 Å². The van der Waals surface area contributed by atoms with Crippen LogP contribution in [0.1, 0.15) is 19.4 Å². The van der Waals surface area contributed by atoms with Crippen LogP contribution in [0.25, 0.3) is 0 Å². The topological polar surface area (TPSA) is 75.7 Å². The van der Waals surface area contributed by atoms with Crippen molar-refractivity contribution in [1.82, 2.24) is 0 Å². The molecule has 0 saturated heterocycles. The summed E-state index contributed by atoms with van der Waals surface area (Å²) in [4.78, 5) is 12.7. The number of hydrogen-bond acceptors (Lipinski definition) is 4. The lowest BCUT2D eigenvalue weighted by Gasteiger charge is -2.29. The molecule has 146 valence electrons. The lowest BCUT2D eigenvalue weighted by Crippen LogP contribution is -2.45. The van der Waals surface area contributed by atoms with Crippen LogP contribution in [0.15, 0.2) is 42.5 Å². The third-order valence-electron chi connectivity index (χ3n) is 3.93. The Kier molecular flexibility index (Phi) is 6.73. The van der Waals surface area contributed by atoms with Gasteiger partial charge in [0, 0.05) is 10.7 Å². The first-order chi connectivity index (χ1) is 12.6. The molecule has 0 spiro atoms. The SMILES string of the molecule is CCOc1ccc(NC(=O)[C@@H](C)N(c2cc(Cl)ccc2C)S(C)(=O)=O)cc1. The van der Waals surface area contributed by atoms with E-state index in [9.17, 15) is 13.2 Å². The van der Waals surface area contributed by atoms with E-state index in [2.05, 4.69) is 5.32 Å². The molecule has 27 heavy (non-hydrogen) atoms. The van der Waals surface area contributed by atoms with Crippen molar-refractivity contribution in [3.05, 3.63) is 53.1 Å². The van der Waals surface area contributed by atoms with Crippen LogP contribution in [0.5, 0.6) is 5.75 Å². The van der Waals surface area contributed by atoms with Gasteiger partial charge in [-0.1, -0.05) is 17.7 Å². The van der Waals surface area contributed by atoms with E-state index in [0.717, 1.165) is 10.6 Å². The Labute approximate surface area is 165 Å². The Morgan fingerprint density at radius 1 is 1.22 bits per heavy atom. The number of aryl methyl sites for hydroxylation is 1. The minimum absolute atomic E-state index is 0.374. The average molecular weight is 411 g/mol. The molecule has 6 nitrogen and oxygen atoms in total. The molecule has 0 fully saturated rings. The van der Waals surface area contributed by atoms with Crippen LogP contribution in [-0.4, -0.2) is 33.2 Å². The Balaban J connectivity index is 2.28. The Morgan fingerprint density at radius 2 is 1.85 bits per heavy atom. The van der Waals surface area contributed by atoms with Crippen LogP contribution in [0.4, 0.5) is 11.4 Å². The molecular formula is C19H23ClN2O4S. The highest BCUT2D eigenvalue weighted by atomic mass is 35.5. The molecule has 1 amide bonds. The Hall–Kier alpha value is -2.25. The molecule has 2 rings (SSSR count). The van der Waals surface area contributed by atoms with Crippen molar-refractivity contribution in [1.29, 1.82) is 0 Å². The van der Waals surface area contributed by atoms with E-state index in [0.29, 0.717) is 34.3 Å². The third kappa shape index (κ3) is 5.37. The summed E-state index contributed by atoms with van der Waals surface area (Å²) in [6.07, 6.45) is 1.06. The van der Waals surface area contributed by atoms with Gasteiger partial charge in [0.05, 0.1) is 18.6 Å². The minimum Gasteiger partial charge on any atom is -0.494 e. The standard InChI is InChI=1S/C19H23ClN2O4S/c1-5-26-17-10-8-16(9-11-17)21-19(23)14(3)22(27(4,24)25)18-12-15(20)7-6-13(18)2/h6-12,14H,5H2,1-4H3,(H,21,23)/t14-/m1/s1. The monoisotopic (exact) mass is 410 g/mol. The first-order valence-electron chi connectivity index (χ1n) is 8.42. The highest BCUT2D eigenvalue weighted by molar-refractivity contribution is 7.92. The summed E-state index contributed by atoms with van der Waals surface area (Å²) < 4.78 is 31.2. The number of hydrogen-bond donors (Lipinski definition) is 1. The van der Waals surface area contributed by atoms with Gasteiger partial charge in [-0.05, 0) is 62.7 Å². The molecule has 0 saturated carbocycles. The zero-order valence-electron chi connectivity index (χ0n) is 15.7. The van der Waals surface area contributed by atoms with Crippen molar-refractivity contribution in [2.24, 2.45) is 0 Å². The van der Waals surface area contributed by atoms with Crippen molar-refractivity contribution in [3.63, 3.8) is 0 Å². The van der Waals surface area contributed by atoms with E-state index in [4.69, 9.17) is 16.3 Å². The van der Waals surface area contributed by atoms with E-state index < -0.39 is 22.0 Å². The molecule has 2 aromatic rings. The van der Waals surface area contributed by atoms with E-state index in [-0.39, 0.29) is 0 Å². The second-order valence-corrected chi connectivity index (χ2v) is 8.41. The number of sulfonamides is 1. The highest BCUT2D eigenvalue weighted by Crippen LogP contribution is 2.28. The molecule has 0 bridgehead atoms. The van der Waals surface area contributed by atoms with Crippen molar-refractivity contribution in [3.8, 4) is 5.75 Å². The summed E-state index contributed by atoms with van der Waals surface area (Å²) in [6, 6.07) is 10.8. The number of carbonyl (C=O) groups is 1. The maximum atomic E-state index is 12.7. The molecule has 0 aliphatic carbocycles. The van der Waals surface area contributed by atoms with Crippen LogP contribution in [-0.2, 0) is 14.8 Å². The molecule has 2 aromatic carbocycles. The van der Waals surface area contributed by atoms with E-state index >= 15 is 0 Å². The normalized spacial score (nSPS) is 12.3. The summed E-state index contributed by atoms with van der Waals surface area (Å²) in [5, 5.41) is 3.13. The van der Waals surface area contributed by atoms with Gasteiger partial charge in [0.25, 0.3) is 0 Å². The predicted octanol–water partition coefficient (Wildman–Crippen LogP) is 3.84. The molecule has 0 aliphatic rings. The number of rotatable bonds is 7. The van der Waals surface area contributed by atoms with E-state index in [1.54, 1.807) is 49.4 Å². The fourth-order valence-electron chi connectivity index (χ4n) is 2.65. The van der Waals surface area contributed by atoms with Crippen molar-refractivity contribution < 1.29 is 17.9 Å². The predicted molar refractivity (Wildman–Crippen MR) is 109 cm³/mol. The third-order valence-corrected chi connectivity index (χ3v) is 5.39. The van der Waals surface area contributed by atoms with Crippen LogP contribution in [0.2, 0.25) is 5.02 Å². The smallest absolute Gasteiger partial charge is 0.247 e. The largest absolute Gasteiger partial charge is 0.494 e. The first kappa shape index (κ1) is 21.1. The van der Waals surface area contributed by atoms with Gasteiger partial charge < -0.3 is 10.1 Å². The molecular weight excluding hydrogens is 388 g/mol. The number of nitrogens with one attached hydrogen (secondary N) is 1. The fourth-order valence-corrected chi connectivity index (χ4v) is 4.04. The number of halogens is 1. The van der Waals surface area contributed by atoms with Crippen LogP contribution < -0.4 is 14.4 Å². The number of benzene rings is 2. The molecule has 0 unspecified atom stereocenters. The number of anilines is 2. The zero-order chi connectivity index (χ0) is 20.2. The first-order valence-corrected chi connectivity index (χ1v) is 10.7. The summed E-state index contributed by atoms with van der Waals surface area (Å²) in [6.45, 7) is 5.73. The van der Waals surface area contributed by atoms with Gasteiger partial charge in [-0.2, -0.15) is 0 Å². The van der Waals surface area contributed by atoms with Crippen molar-refractivity contribution in [2.75, 3.05) is 22.5 Å². The van der Waals surface area contributed by atoms with Crippen LogP contribution in [0.3, 0.4) is 0 Å². The van der Waals surface area contributed by atoms with Crippen molar-refractivity contribution in [2.45, 2.75) is 26.8 Å². The molecule has 1 atom stereocenters. The van der Waals surface area contributed by atoms with E-state index in [1.165, 1.54) is 6.92 Å².